The van der Waals surface area contributed by atoms with Crippen molar-refractivity contribution in [1.82, 2.24) is 5.06 Å². The van der Waals surface area contributed by atoms with Gasteiger partial charge in [0.05, 0.1) is 12.6 Å². The van der Waals surface area contributed by atoms with Crippen molar-refractivity contribution in [2.75, 3.05) is 6.54 Å². The zero-order chi connectivity index (χ0) is 7.84. The van der Waals surface area contributed by atoms with Gasteiger partial charge in [-0.15, -0.1) is 0 Å². The quantitative estimate of drug-likeness (QED) is 0.572. The first-order valence-electron chi connectivity index (χ1n) is 3.93. The van der Waals surface area contributed by atoms with Gasteiger partial charge in [-0.3, -0.25) is 4.84 Å². The number of fused-ring (bicyclic) bond motifs is 2. The molecule has 2 atom stereocenters. The minimum absolute atomic E-state index is 0.171. The third-order valence-electron chi connectivity index (χ3n) is 2.41. The van der Waals surface area contributed by atoms with Gasteiger partial charge in [0.15, 0.2) is 0 Å². The first-order chi connectivity index (χ1) is 5.25. The standard InChI is InChI=1S/C7H11NO3/c9-7(10)8-4-5-1-2-6(3-5)11-8/h5-6H,1-4H2,(H,9,10). The van der Waals surface area contributed by atoms with Crippen LogP contribution in [0.3, 0.4) is 0 Å². The number of carboxylic acid groups (broad SMARTS) is 1. The van der Waals surface area contributed by atoms with E-state index in [4.69, 9.17) is 9.94 Å². The lowest BCUT2D eigenvalue weighted by Gasteiger charge is -2.28. The molecule has 2 bridgehead atoms. The minimum Gasteiger partial charge on any atom is -0.463 e. The molecule has 1 N–H and O–H groups in total. The van der Waals surface area contributed by atoms with E-state index in [0.717, 1.165) is 24.3 Å². The van der Waals surface area contributed by atoms with Gasteiger partial charge >= 0.3 is 6.09 Å². The average molecular weight is 157 g/mol. The molecule has 2 aliphatic rings. The van der Waals surface area contributed by atoms with Crippen molar-refractivity contribution in [2.24, 2.45) is 5.92 Å². The Morgan fingerprint density at radius 2 is 2.36 bits per heavy atom. The molecule has 62 valence electrons. The van der Waals surface area contributed by atoms with E-state index in [1.54, 1.807) is 0 Å². The summed E-state index contributed by atoms with van der Waals surface area (Å²) in [4.78, 5) is 15.6. The lowest BCUT2D eigenvalue weighted by molar-refractivity contribution is -0.190. The lowest BCUT2D eigenvalue weighted by atomic mass is 10.1. The van der Waals surface area contributed by atoms with Crippen LogP contribution in [0.1, 0.15) is 19.3 Å². The highest BCUT2D eigenvalue weighted by Gasteiger charge is 2.36. The van der Waals surface area contributed by atoms with Gasteiger partial charge in [-0.2, -0.15) is 5.06 Å². The van der Waals surface area contributed by atoms with Crippen molar-refractivity contribution < 1.29 is 14.7 Å². The van der Waals surface area contributed by atoms with Crippen LogP contribution in [0.4, 0.5) is 4.79 Å². The predicted molar refractivity (Wildman–Crippen MR) is 36.9 cm³/mol. The van der Waals surface area contributed by atoms with Crippen LogP contribution < -0.4 is 0 Å². The summed E-state index contributed by atoms with van der Waals surface area (Å²) in [6, 6.07) is 0. The molecule has 4 nitrogen and oxygen atoms in total. The molecule has 4 heteroatoms. The Labute approximate surface area is 64.7 Å². The normalized spacial score (nSPS) is 35.8. The Bertz CT molecular complexity index is 171. The van der Waals surface area contributed by atoms with E-state index in [1.807, 2.05) is 0 Å². The van der Waals surface area contributed by atoms with Crippen molar-refractivity contribution in [3.05, 3.63) is 0 Å². The second-order valence-electron chi connectivity index (χ2n) is 3.25. The Hall–Kier alpha value is -0.770. The van der Waals surface area contributed by atoms with E-state index in [2.05, 4.69) is 0 Å². The molecule has 0 radical (unpaired) electrons. The number of amides is 1. The molecule has 1 aliphatic heterocycles. The molecule has 1 heterocycles. The van der Waals surface area contributed by atoms with Crippen molar-refractivity contribution in [1.29, 1.82) is 0 Å². The van der Waals surface area contributed by atoms with Crippen LogP contribution in [0.15, 0.2) is 0 Å². The van der Waals surface area contributed by atoms with E-state index in [0.29, 0.717) is 12.5 Å². The van der Waals surface area contributed by atoms with Crippen LogP contribution in [0.25, 0.3) is 0 Å². The fraction of sp³-hybridized carbons (Fsp3) is 0.857. The molecule has 11 heavy (non-hydrogen) atoms. The number of rotatable bonds is 0. The van der Waals surface area contributed by atoms with Crippen molar-refractivity contribution in [3.8, 4) is 0 Å². The Morgan fingerprint density at radius 3 is 3.00 bits per heavy atom. The Morgan fingerprint density at radius 1 is 1.55 bits per heavy atom. The third-order valence-corrected chi connectivity index (χ3v) is 2.41. The highest BCUT2D eigenvalue weighted by molar-refractivity contribution is 5.63. The van der Waals surface area contributed by atoms with E-state index < -0.39 is 6.09 Å². The molecule has 0 aromatic carbocycles. The van der Waals surface area contributed by atoms with Crippen molar-refractivity contribution in [3.63, 3.8) is 0 Å². The average Bonchev–Trinajstić information content (AvgIpc) is 2.30. The minimum atomic E-state index is -0.957. The van der Waals surface area contributed by atoms with Gasteiger partial charge in [-0.25, -0.2) is 4.79 Å². The summed E-state index contributed by atoms with van der Waals surface area (Å²) in [7, 11) is 0. The number of nitrogens with zero attached hydrogens (tertiary/aromatic N) is 1. The van der Waals surface area contributed by atoms with Gasteiger partial charge in [0.25, 0.3) is 0 Å². The monoisotopic (exact) mass is 157 g/mol. The second kappa shape index (κ2) is 2.37. The summed E-state index contributed by atoms with van der Waals surface area (Å²) >= 11 is 0. The molecule has 1 aliphatic carbocycles. The maximum atomic E-state index is 10.5. The first kappa shape index (κ1) is 6.91. The number of hydroxylamine groups is 2. The summed E-state index contributed by atoms with van der Waals surface area (Å²) < 4.78 is 0. The predicted octanol–water partition coefficient (Wildman–Crippen LogP) is 1.08. The van der Waals surface area contributed by atoms with Gasteiger partial charge in [-0.1, -0.05) is 0 Å². The van der Waals surface area contributed by atoms with E-state index >= 15 is 0 Å². The van der Waals surface area contributed by atoms with Crippen LogP contribution in [0.5, 0.6) is 0 Å². The van der Waals surface area contributed by atoms with Crippen LogP contribution >= 0.6 is 0 Å². The number of hydrogen-bond acceptors (Lipinski definition) is 2. The molecule has 2 fully saturated rings. The number of hydrogen-bond donors (Lipinski definition) is 1. The molecule has 1 saturated heterocycles. The second-order valence-corrected chi connectivity index (χ2v) is 3.25. The molecular weight excluding hydrogens is 146 g/mol. The van der Waals surface area contributed by atoms with E-state index in [9.17, 15) is 4.79 Å². The smallest absolute Gasteiger partial charge is 0.431 e. The lowest BCUT2D eigenvalue weighted by Crippen LogP contribution is -2.39. The maximum absolute atomic E-state index is 10.5. The largest absolute Gasteiger partial charge is 0.463 e. The van der Waals surface area contributed by atoms with Gasteiger partial charge in [-0.05, 0) is 25.2 Å². The molecule has 0 aromatic heterocycles. The summed E-state index contributed by atoms with van der Waals surface area (Å²) in [6.07, 6.45) is 2.40. The summed E-state index contributed by atoms with van der Waals surface area (Å²) in [5.74, 6) is 0.546. The topological polar surface area (TPSA) is 49.8 Å². The van der Waals surface area contributed by atoms with Gasteiger partial charge in [0, 0.05) is 0 Å². The molecule has 1 saturated carbocycles. The van der Waals surface area contributed by atoms with Crippen molar-refractivity contribution in [2.45, 2.75) is 25.4 Å². The van der Waals surface area contributed by atoms with Crippen LogP contribution in [0.2, 0.25) is 0 Å². The third kappa shape index (κ3) is 1.18. The fourth-order valence-corrected chi connectivity index (χ4v) is 1.87. The van der Waals surface area contributed by atoms with E-state index in [1.165, 1.54) is 0 Å². The van der Waals surface area contributed by atoms with Crippen LogP contribution in [-0.4, -0.2) is 28.9 Å². The van der Waals surface area contributed by atoms with Gasteiger partial charge in [0.1, 0.15) is 0 Å². The molecule has 1 amide bonds. The van der Waals surface area contributed by atoms with Crippen molar-refractivity contribution >= 4 is 6.09 Å². The Kier molecular flexibility index (Phi) is 1.49. The summed E-state index contributed by atoms with van der Waals surface area (Å²) in [5.41, 5.74) is 0. The zero-order valence-electron chi connectivity index (χ0n) is 6.19. The first-order valence-corrected chi connectivity index (χ1v) is 3.93. The molecular formula is C7H11NO3. The van der Waals surface area contributed by atoms with Crippen LogP contribution in [0, 0.1) is 5.92 Å². The number of carbonyl (C=O) groups is 1. The highest BCUT2D eigenvalue weighted by atomic mass is 16.7. The highest BCUT2D eigenvalue weighted by Crippen LogP contribution is 2.33. The SMILES string of the molecule is O=C(O)N1CC2CCC(C2)O1. The molecule has 0 aromatic rings. The Balaban J connectivity index is 2.02. The van der Waals surface area contributed by atoms with Gasteiger partial charge in [0.2, 0.25) is 0 Å². The molecule has 2 rings (SSSR count). The maximum Gasteiger partial charge on any atom is 0.431 e. The van der Waals surface area contributed by atoms with Gasteiger partial charge < -0.3 is 5.11 Å². The fourth-order valence-electron chi connectivity index (χ4n) is 1.87. The zero-order valence-corrected chi connectivity index (χ0v) is 6.19. The summed E-state index contributed by atoms with van der Waals surface area (Å²) in [5, 5.41) is 9.68. The van der Waals surface area contributed by atoms with E-state index in [-0.39, 0.29) is 6.10 Å². The van der Waals surface area contributed by atoms with Crippen LogP contribution in [-0.2, 0) is 4.84 Å². The molecule has 0 spiro atoms. The summed E-state index contributed by atoms with van der Waals surface area (Å²) in [6.45, 7) is 0.561. The molecule has 2 unspecified atom stereocenters.